The number of nitro benzene ring substituents is 1. The van der Waals surface area contributed by atoms with Crippen molar-refractivity contribution in [1.82, 2.24) is 0 Å². The van der Waals surface area contributed by atoms with Crippen molar-refractivity contribution < 1.29 is 9.66 Å². The first-order valence-electron chi connectivity index (χ1n) is 5.36. The van der Waals surface area contributed by atoms with Crippen molar-refractivity contribution in [3.05, 3.63) is 56.1 Å². The first kappa shape index (κ1) is 14.1. The monoisotopic (exact) mass is 387 g/mol. The SMILES string of the molecule is COc1ccc(Sc2ccc(I)cc2)c([N+](=O)[O-])c1. The van der Waals surface area contributed by atoms with Gasteiger partial charge in [-0.05, 0) is 59.0 Å². The van der Waals surface area contributed by atoms with Gasteiger partial charge in [0.15, 0.2) is 0 Å². The highest BCUT2D eigenvalue weighted by Crippen LogP contribution is 2.36. The summed E-state index contributed by atoms with van der Waals surface area (Å²) < 4.78 is 6.14. The predicted molar refractivity (Wildman–Crippen MR) is 82.9 cm³/mol. The molecule has 19 heavy (non-hydrogen) atoms. The molecule has 0 N–H and O–H groups in total. The van der Waals surface area contributed by atoms with Crippen LogP contribution in [0.4, 0.5) is 5.69 Å². The van der Waals surface area contributed by atoms with E-state index in [1.807, 2.05) is 24.3 Å². The van der Waals surface area contributed by atoms with Crippen molar-refractivity contribution in [2.75, 3.05) is 7.11 Å². The number of halogens is 1. The van der Waals surface area contributed by atoms with E-state index in [0.29, 0.717) is 10.6 Å². The van der Waals surface area contributed by atoms with Gasteiger partial charge in [0.25, 0.3) is 5.69 Å². The number of hydrogen-bond donors (Lipinski definition) is 0. The molecule has 0 radical (unpaired) electrons. The topological polar surface area (TPSA) is 52.4 Å². The van der Waals surface area contributed by atoms with Gasteiger partial charge in [0.2, 0.25) is 0 Å². The van der Waals surface area contributed by atoms with Gasteiger partial charge in [-0.3, -0.25) is 10.1 Å². The van der Waals surface area contributed by atoms with Crippen LogP contribution in [0.1, 0.15) is 0 Å². The molecule has 6 heteroatoms. The molecule has 98 valence electrons. The van der Waals surface area contributed by atoms with Crippen LogP contribution in [0.2, 0.25) is 0 Å². The van der Waals surface area contributed by atoms with E-state index in [9.17, 15) is 10.1 Å². The van der Waals surface area contributed by atoms with Gasteiger partial charge in [-0.2, -0.15) is 0 Å². The molecule has 0 aliphatic heterocycles. The Morgan fingerprint density at radius 1 is 1.21 bits per heavy atom. The zero-order chi connectivity index (χ0) is 13.8. The fourth-order valence-corrected chi connectivity index (χ4v) is 2.74. The molecule has 0 fully saturated rings. The number of methoxy groups -OCH3 is 1. The molecule has 2 rings (SSSR count). The Balaban J connectivity index is 2.33. The van der Waals surface area contributed by atoms with Crippen LogP contribution in [0, 0.1) is 13.7 Å². The average molecular weight is 387 g/mol. The van der Waals surface area contributed by atoms with E-state index in [0.717, 1.165) is 8.47 Å². The van der Waals surface area contributed by atoms with Gasteiger partial charge < -0.3 is 4.74 Å². The zero-order valence-corrected chi connectivity index (χ0v) is 13.0. The summed E-state index contributed by atoms with van der Waals surface area (Å²) >= 11 is 3.59. The fourth-order valence-electron chi connectivity index (χ4n) is 1.48. The maximum Gasteiger partial charge on any atom is 0.286 e. The Labute approximate surface area is 128 Å². The molecule has 0 aliphatic carbocycles. The van der Waals surface area contributed by atoms with Crippen LogP contribution < -0.4 is 4.74 Å². The summed E-state index contributed by atoms with van der Waals surface area (Å²) in [5, 5.41) is 11.1. The van der Waals surface area contributed by atoms with Gasteiger partial charge in [-0.25, -0.2) is 0 Å². The van der Waals surface area contributed by atoms with Gasteiger partial charge >= 0.3 is 0 Å². The van der Waals surface area contributed by atoms with E-state index < -0.39 is 4.92 Å². The van der Waals surface area contributed by atoms with Crippen molar-refractivity contribution in [3.8, 4) is 5.75 Å². The summed E-state index contributed by atoms with van der Waals surface area (Å²) in [6, 6.07) is 12.7. The van der Waals surface area contributed by atoms with Gasteiger partial charge in [0.1, 0.15) is 5.75 Å². The maximum atomic E-state index is 11.1. The number of ether oxygens (including phenoxy) is 1. The number of hydrogen-bond acceptors (Lipinski definition) is 4. The van der Waals surface area contributed by atoms with Crippen LogP contribution in [0.25, 0.3) is 0 Å². The molecule has 0 bridgehead atoms. The lowest BCUT2D eigenvalue weighted by atomic mass is 10.3. The number of rotatable bonds is 4. The first-order valence-corrected chi connectivity index (χ1v) is 7.25. The summed E-state index contributed by atoms with van der Waals surface area (Å²) in [4.78, 5) is 12.2. The number of benzene rings is 2. The molecule has 0 saturated carbocycles. The van der Waals surface area contributed by atoms with Crippen LogP contribution in [-0.2, 0) is 0 Å². The number of nitrogens with zero attached hydrogens (tertiary/aromatic N) is 1. The third-order valence-electron chi connectivity index (χ3n) is 2.40. The van der Waals surface area contributed by atoms with Crippen molar-refractivity contribution in [3.63, 3.8) is 0 Å². The lowest BCUT2D eigenvalue weighted by molar-refractivity contribution is -0.387. The van der Waals surface area contributed by atoms with Crippen LogP contribution >= 0.6 is 34.4 Å². The summed E-state index contributed by atoms with van der Waals surface area (Å²) in [5.74, 6) is 0.485. The van der Waals surface area contributed by atoms with Crippen molar-refractivity contribution in [2.45, 2.75) is 9.79 Å². The van der Waals surface area contributed by atoms with E-state index in [1.165, 1.54) is 24.9 Å². The lowest BCUT2D eigenvalue weighted by Crippen LogP contribution is -1.92. The van der Waals surface area contributed by atoms with Gasteiger partial charge in [-0.1, -0.05) is 11.8 Å². The second kappa shape index (κ2) is 6.25. The highest BCUT2D eigenvalue weighted by atomic mass is 127. The minimum atomic E-state index is -0.391. The van der Waals surface area contributed by atoms with E-state index in [-0.39, 0.29) is 5.69 Å². The van der Waals surface area contributed by atoms with Crippen LogP contribution in [0.5, 0.6) is 5.75 Å². The second-order valence-electron chi connectivity index (χ2n) is 3.65. The first-order chi connectivity index (χ1) is 9.10. The largest absolute Gasteiger partial charge is 0.497 e. The highest BCUT2D eigenvalue weighted by molar-refractivity contribution is 14.1. The number of nitro groups is 1. The molecular formula is C13H10INO3S. The van der Waals surface area contributed by atoms with Gasteiger partial charge in [0, 0.05) is 8.47 Å². The van der Waals surface area contributed by atoms with Gasteiger partial charge in [0.05, 0.1) is 23.0 Å². The summed E-state index contributed by atoms with van der Waals surface area (Å²) in [7, 11) is 1.49. The Kier molecular flexibility index (Phi) is 4.65. The third kappa shape index (κ3) is 3.60. The fraction of sp³-hybridized carbons (Fsp3) is 0.0769. The minimum Gasteiger partial charge on any atom is -0.497 e. The van der Waals surface area contributed by atoms with E-state index >= 15 is 0 Å². The Bertz CT molecular complexity index is 601. The lowest BCUT2D eigenvalue weighted by Gasteiger charge is -2.05. The molecule has 0 saturated heterocycles. The van der Waals surface area contributed by atoms with Gasteiger partial charge in [-0.15, -0.1) is 0 Å². The standard InChI is InChI=1S/C13H10INO3S/c1-18-10-4-7-13(12(8-10)15(16)17)19-11-5-2-9(14)3-6-11/h2-8H,1H3. The zero-order valence-electron chi connectivity index (χ0n) is 10.00. The minimum absolute atomic E-state index is 0.0582. The third-order valence-corrected chi connectivity index (χ3v) is 4.20. The maximum absolute atomic E-state index is 11.1. The van der Waals surface area contributed by atoms with Crippen molar-refractivity contribution in [1.29, 1.82) is 0 Å². The quantitative estimate of drug-likeness (QED) is 0.445. The average Bonchev–Trinajstić information content (AvgIpc) is 2.41. The van der Waals surface area contributed by atoms with E-state index in [4.69, 9.17) is 4.74 Å². The normalized spacial score (nSPS) is 10.2. The summed E-state index contributed by atoms with van der Waals surface area (Å²) in [5.41, 5.74) is 0.0582. The predicted octanol–water partition coefficient (Wildman–Crippen LogP) is 4.36. The molecule has 0 heterocycles. The molecule has 0 unspecified atom stereocenters. The highest BCUT2D eigenvalue weighted by Gasteiger charge is 2.16. The summed E-state index contributed by atoms with van der Waals surface area (Å²) in [6.45, 7) is 0. The second-order valence-corrected chi connectivity index (χ2v) is 6.01. The van der Waals surface area contributed by atoms with E-state index in [2.05, 4.69) is 22.6 Å². The molecule has 2 aromatic carbocycles. The Hall–Kier alpha value is -1.28. The van der Waals surface area contributed by atoms with Crippen LogP contribution in [-0.4, -0.2) is 12.0 Å². The van der Waals surface area contributed by atoms with E-state index in [1.54, 1.807) is 12.1 Å². The molecule has 0 atom stereocenters. The molecule has 4 nitrogen and oxygen atoms in total. The summed E-state index contributed by atoms with van der Waals surface area (Å²) in [6.07, 6.45) is 0. The van der Waals surface area contributed by atoms with Crippen LogP contribution in [0.3, 0.4) is 0 Å². The molecule has 0 aromatic heterocycles. The van der Waals surface area contributed by atoms with Crippen molar-refractivity contribution in [2.24, 2.45) is 0 Å². The molecule has 0 aliphatic rings. The molecule has 2 aromatic rings. The van der Waals surface area contributed by atoms with Crippen LogP contribution in [0.15, 0.2) is 52.3 Å². The Morgan fingerprint density at radius 2 is 1.89 bits per heavy atom. The Morgan fingerprint density at radius 3 is 2.47 bits per heavy atom. The molecular weight excluding hydrogens is 377 g/mol. The molecule has 0 amide bonds. The molecule has 0 spiro atoms. The smallest absolute Gasteiger partial charge is 0.286 e. The van der Waals surface area contributed by atoms with Crippen molar-refractivity contribution >= 4 is 40.0 Å².